The van der Waals surface area contributed by atoms with Gasteiger partial charge < -0.3 is 15.4 Å². The van der Waals surface area contributed by atoms with Gasteiger partial charge in [-0.1, -0.05) is 0 Å². The van der Waals surface area contributed by atoms with Crippen molar-refractivity contribution in [2.75, 3.05) is 42.1 Å². The third kappa shape index (κ3) is 3.72. The molecule has 3 aromatic rings. The predicted octanol–water partition coefficient (Wildman–Crippen LogP) is 1.34. The lowest BCUT2D eigenvalue weighted by molar-refractivity contribution is 0.341. The van der Waals surface area contributed by atoms with Crippen LogP contribution in [0.25, 0.3) is 17.0 Å². The van der Waals surface area contributed by atoms with Crippen LogP contribution in [-0.4, -0.2) is 72.7 Å². The Morgan fingerprint density at radius 1 is 1.24 bits per heavy atom. The molecule has 5 rings (SSSR count). The van der Waals surface area contributed by atoms with Crippen LogP contribution in [0, 0.1) is 11.6 Å². The number of sulfonamides is 1. The number of fused-ring (bicyclic) bond motifs is 1. The first-order valence-electron chi connectivity index (χ1n) is 10.2. The highest BCUT2D eigenvalue weighted by Crippen LogP contribution is 2.34. The van der Waals surface area contributed by atoms with Gasteiger partial charge in [0.25, 0.3) is 0 Å². The number of pyridine rings is 1. The van der Waals surface area contributed by atoms with E-state index in [-0.39, 0.29) is 59.8 Å². The van der Waals surface area contributed by atoms with Gasteiger partial charge in [0.15, 0.2) is 28.8 Å². The predicted molar refractivity (Wildman–Crippen MR) is 114 cm³/mol. The Bertz CT molecular complexity index is 1330. The second kappa shape index (κ2) is 8.02. The van der Waals surface area contributed by atoms with Crippen LogP contribution < -0.4 is 19.7 Å². The molecule has 176 valence electrons. The topological polar surface area (TPSA) is 114 Å². The minimum Gasteiger partial charge on any atom is -0.493 e. The van der Waals surface area contributed by atoms with Gasteiger partial charge in [-0.15, -0.1) is 5.10 Å². The van der Waals surface area contributed by atoms with Gasteiger partial charge in [-0.25, -0.2) is 40.4 Å². The highest BCUT2D eigenvalue weighted by atomic mass is 32.2. The normalized spacial score (nSPS) is 22.2. The zero-order valence-corrected chi connectivity index (χ0v) is 18.2. The second-order valence-electron chi connectivity index (χ2n) is 7.77. The number of aromatic nitrogens is 4. The lowest BCUT2D eigenvalue weighted by atomic mass is 10.2. The summed E-state index contributed by atoms with van der Waals surface area (Å²) in [5, 5.41) is 9.87. The minimum absolute atomic E-state index is 0.0264. The SMILES string of the molecule is COc1cc2ncc(-c3nc(N[C@H]4CNC[C@@H]4F)c(F)cc3F)n2nc1N1CCCS1(=O)=O. The molecule has 2 aliphatic rings. The van der Waals surface area contributed by atoms with Crippen LogP contribution in [0.1, 0.15) is 6.42 Å². The van der Waals surface area contributed by atoms with E-state index in [1.165, 1.54) is 23.9 Å². The van der Waals surface area contributed by atoms with Crippen molar-refractivity contribution in [2.45, 2.75) is 18.6 Å². The van der Waals surface area contributed by atoms with Crippen molar-refractivity contribution >= 4 is 27.3 Å². The van der Waals surface area contributed by atoms with Crippen LogP contribution in [0.4, 0.5) is 24.8 Å². The molecule has 0 saturated carbocycles. The van der Waals surface area contributed by atoms with E-state index >= 15 is 0 Å². The molecule has 5 heterocycles. The maximum absolute atomic E-state index is 14.8. The molecule has 0 aliphatic carbocycles. The van der Waals surface area contributed by atoms with Gasteiger partial charge in [-0.05, 0) is 6.42 Å². The summed E-state index contributed by atoms with van der Waals surface area (Å²) in [6, 6.07) is 1.40. The van der Waals surface area contributed by atoms with E-state index in [1.807, 2.05) is 0 Å². The molecule has 0 unspecified atom stereocenters. The fourth-order valence-electron chi connectivity index (χ4n) is 3.96. The molecule has 33 heavy (non-hydrogen) atoms. The summed E-state index contributed by atoms with van der Waals surface area (Å²) in [4.78, 5) is 8.22. The summed E-state index contributed by atoms with van der Waals surface area (Å²) in [5.74, 6) is -2.07. The number of imidazole rings is 1. The molecule has 2 aliphatic heterocycles. The standard InChI is InChI=1S/C19H20F3N7O3S/c1-32-15-6-16-24-9-14(29(16)27-19(15)28-3-2-4-33(28,30)31)17-10(20)5-11(21)18(26-17)25-13-8-23-7-12(13)22/h5-6,9,12-13,23H,2-4,7-8H2,1H3,(H,25,26)/t12-,13-/m0/s1. The zero-order chi connectivity index (χ0) is 23.3. The highest BCUT2D eigenvalue weighted by Gasteiger charge is 2.33. The maximum atomic E-state index is 14.8. The largest absolute Gasteiger partial charge is 0.493 e. The molecule has 2 fully saturated rings. The van der Waals surface area contributed by atoms with Gasteiger partial charge in [0, 0.05) is 31.8 Å². The first-order valence-corrected chi connectivity index (χ1v) is 11.8. The first-order chi connectivity index (χ1) is 15.8. The molecule has 3 aromatic heterocycles. The number of ether oxygens (including phenoxy) is 1. The molecule has 0 aromatic carbocycles. The average Bonchev–Trinajstić information content (AvgIpc) is 3.47. The van der Waals surface area contributed by atoms with Crippen molar-refractivity contribution in [1.29, 1.82) is 0 Å². The number of halogens is 3. The van der Waals surface area contributed by atoms with Crippen molar-refractivity contribution in [1.82, 2.24) is 24.9 Å². The number of rotatable bonds is 5. The zero-order valence-electron chi connectivity index (χ0n) is 17.4. The molecular weight excluding hydrogens is 463 g/mol. The quantitative estimate of drug-likeness (QED) is 0.559. The maximum Gasteiger partial charge on any atom is 0.236 e. The van der Waals surface area contributed by atoms with E-state index < -0.39 is 33.9 Å². The van der Waals surface area contributed by atoms with Crippen LogP contribution in [0.5, 0.6) is 5.75 Å². The van der Waals surface area contributed by atoms with E-state index in [0.717, 1.165) is 4.31 Å². The molecule has 10 nitrogen and oxygen atoms in total. The summed E-state index contributed by atoms with van der Waals surface area (Å²) >= 11 is 0. The van der Waals surface area contributed by atoms with Crippen LogP contribution in [0.2, 0.25) is 0 Å². The third-order valence-electron chi connectivity index (χ3n) is 5.63. The summed E-state index contributed by atoms with van der Waals surface area (Å²) in [6.07, 6.45) is 0.456. The Balaban J connectivity index is 1.61. The summed E-state index contributed by atoms with van der Waals surface area (Å²) in [5.41, 5.74) is 0.0269. The van der Waals surface area contributed by atoms with Gasteiger partial charge in [-0.3, -0.25) is 0 Å². The fourth-order valence-corrected chi connectivity index (χ4v) is 5.47. The average molecular weight is 483 g/mol. The van der Waals surface area contributed by atoms with E-state index in [1.54, 1.807) is 0 Å². The smallest absolute Gasteiger partial charge is 0.236 e. The molecule has 2 N–H and O–H groups in total. The summed E-state index contributed by atoms with van der Waals surface area (Å²) in [7, 11) is -2.20. The van der Waals surface area contributed by atoms with Crippen molar-refractivity contribution in [3.63, 3.8) is 0 Å². The number of alkyl halides is 1. The third-order valence-corrected chi connectivity index (χ3v) is 7.46. The van der Waals surface area contributed by atoms with E-state index in [9.17, 15) is 21.6 Å². The molecule has 14 heteroatoms. The van der Waals surface area contributed by atoms with E-state index in [4.69, 9.17) is 4.74 Å². The Kier molecular flexibility index (Phi) is 5.28. The fraction of sp³-hybridized carbons (Fsp3) is 0.421. The Hall–Kier alpha value is -3.13. The van der Waals surface area contributed by atoms with Crippen molar-refractivity contribution < 1.29 is 26.3 Å². The molecule has 0 amide bonds. The number of methoxy groups -OCH3 is 1. The van der Waals surface area contributed by atoms with Crippen LogP contribution in [0.15, 0.2) is 18.3 Å². The second-order valence-corrected chi connectivity index (χ2v) is 9.78. The van der Waals surface area contributed by atoms with E-state index in [0.29, 0.717) is 12.5 Å². The lowest BCUT2D eigenvalue weighted by Crippen LogP contribution is -2.30. The lowest BCUT2D eigenvalue weighted by Gasteiger charge is -2.19. The Morgan fingerprint density at radius 3 is 2.73 bits per heavy atom. The highest BCUT2D eigenvalue weighted by molar-refractivity contribution is 7.93. The molecule has 0 spiro atoms. The Morgan fingerprint density at radius 2 is 2.06 bits per heavy atom. The number of nitrogens with zero attached hydrogens (tertiary/aromatic N) is 5. The molecule has 0 radical (unpaired) electrons. The van der Waals surface area contributed by atoms with Crippen molar-refractivity contribution in [3.8, 4) is 17.1 Å². The number of anilines is 2. The number of nitrogens with one attached hydrogen (secondary N) is 2. The molecule has 2 saturated heterocycles. The van der Waals surface area contributed by atoms with Gasteiger partial charge in [0.2, 0.25) is 15.8 Å². The van der Waals surface area contributed by atoms with Crippen LogP contribution >= 0.6 is 0 Å². The van der Waals surface area contributed by atoms with Crippen molar-refractivity contribution in [2.24, 2.45) is 0 Å². The van der Waals surface area contributed by atoms with Crippen molar-refractivity contribution in [3.05, 3.63) is 30.0 Å². The summed E-state index contributed by atoms with van der Waals surface area (Å²) in [6.45, 7) is 0.604. The van der Waals surface area contributed by atoms with Gasteiger partial charge in [0.05, 0.1) is 25.1 Å². The van der Waals surface area contributed by atoms with Gasteiger partial charge in [-0.2, -0.15) is 0 Å². The van der Waals surface area contributed by atoms with E-state index in [2.05, 4.69) is 25.7 Å². The van der Waals surface area contributed by atoms with Gasteiger partial charge >= 0.3 is 0 Å². The number of hydrogen-bond acceptors (Lipinski definition) is 8. The molecular formula is C19H20F3N7O3S. The molecule has 2 atom stereocenters. The Labute approximate surface area is 186 Å². The molecule has 0 bridgehead atoms. The van der Waals surface area contributed by atoms with Gasteiger partial charge in [0.1, 0.15) is 17.6 Å². The first kappa shape index (κ1) is 21.7. The minimum atomic E-state index is -3.57. The summed E-state index contributed by atoms with van der Waals surface area (Å²) < 4.78 is 75.6. The van der Waals surface area contributed by atoms with Crippen LogP contribution in [-0.2, 0) is 10.0 Å². The van der Waals surface area contributed by atoms with Crippen LogP contribution in [0.3, 0.4) is 0 Å². The number of hydrogen-bond donors (Lipinski definition) is 2. The monoisotopic (exact) mass is 483 g/mol.